The van der Waals surface area contributed by atoms with Crippen molar-refractivity contribution in [1.82, 2.24) is 14.5 Å². The third kappa shape index (κ3) is 1.97. The van der Waals surface area contributed by atoms with Gasteiger partial charge in [-0.25, -0.2) is 4.98 Å². The molecule has 3 rings (SSSR count). The van der Waals surface area contributed by atoms with E-state index in [1.54, 1.807) is 0 Å². The molecule has 0 spiro atoms. The zero-order valence-corrected chi connectivity index (χ0v) is 11.8. The summed E-state index contributed by atoms with van der Waals surface area (Å²) in [5.74, 6) is 0.329. The Morgan fingerprint density at radius 2 is 2.21 bits per heavy atom. The van der Waals surface area contributed by atoms with Gasteiger partial charge in [0.2, 0.25) is 5.91 Å². The molecule has 0 aliphatic carbocycles. The van der Waals surface area contributed by atoms with Crippen molar-refractivity contribution in [3.05, 3.63) is 18.2 Å². The highest BCUT2D eigenvalue weighted by Gasteiger charge is 2.48. The van der Waals surface area contributed by atoms with Crippen molar-refractivity contribution >= 4 is 5.91 Å². The fourth-order valence-corrected chi connectivity index (χ4v) is 3.72. The van der Waals surface area contributed by atoms with Crippen LogP contribution in [0.15, 0.2) is 12.5 Å². The predicted octanol–water partition coefficient (Wildman–Crippen LogP) is 2.68. The van der Waals surface area contributed by atoms with Crippen LogP contribution in [0.5, 0.6) is 0 Å². The van der Waals surface area contributed by atoms with Gasteiger partial charge in [-0.15, -0.1) is 0 Å². The van der Waals surface area contributed by atoms with Crippen LogP contribution in [0.2, 0.25) is 0 Å². The standard InChI is InChI=1S/C15H23N3O/c1-2-3-4-5-8-15-9-6-14(19)17(15)10-7-13-11-16-12-18(13)15/h11-12H,2-10H2,1H3. The summed E-state index contributed by atoms with van der Waals surface area (Å²) in [5, 5.41) is 0. The molecule has 0 radical (unpaired) electrons. The summed E-state index contributed by atoms with van der Waals surface area (Å²) >= 11 is 0. The van der Waals surface area contributed by atoms with Crippen LogP contribution in [0.25, 0.3) is 0 Å². The highest BCUT2D eigenvalue weighted by atomic mass is 16.2. The lowest BCUT2D eigenvalue weighted by atomic mass is 9.95. The van der Waals surface area contributed by atoms with Crippen LogP contribution in [0.4, 0.5) is 0 Å². The van der Waals surface area contributed by atoms with Gasteiger partial charge in [0, 0.05) is 31.3 Å². The van der Waals surface area contributed by atoms with Gasteiger partial charge in [-0.3, -0.25) is 4.79 Å². The van der Waals surface area contributed by atoms with Gasteiger partial charge >= 0.3 is 0 Å². The summed E-state index contributed by atoms with van der Waals surface area (Å²) in [6.07, 6.45) is 12.6. The topological polar surface area (TPSA) is 38.1 Å². The van der Waals surface area contributed by atoms with Gasteiger partial charge in [-0.1, -0.05) is 26.2 Å². The van der Waals surface area contributed by atoms with E-state index >= 15 is 0 Å². The number of nitrogens with zero attached hydrogens (tertiary/aromatic N) is 3. The second kappa shape index (κ2) is 4.99. The van der Waals surface area contributed by atoms with E-state index in [0.29, 0.717) is 12.3 Å². The van der Waals surface area contributed by atoms with Crippen molar-refractivity contribution in [2.75, 3.05) is 6.54 Å². The third-order valence-electron chi connectivity index (χ3n) is 4.73. The average Bonchev–Trinajstić information content (AvgIpc) is 3.01. The van der Waals surface area contributed by atoms with Crippen molar-refractivity contribution in [3.8, 4) is 0 Å². The molecule has 1 saturated heterocycles. The first-order valence-electron chi connectivity index (χ1n) is 7.60. The predicted molar refractivity (Wildman–Crippen MR) is 73.6 cm³/mol. The summed E-state index contributed by atoms with van der Waals surface area (Å²) in [6.45, 7) is 3.11. The first-order chi connectivity index (χ1) is 9.28. The molecule has 1 atom stereocenters. The van der Waals surface area contributed by atoms with Crippen LogP contribution in [0, 0.1) is 0 Å². The van der Waals surface area contributed by atoms with E-state index in [1.807, 2.05) is 12.5 Å². The van der Waals surface area contributed by atoms with Crippen molar-refractivity contribution < 1.29 is 4.79 Å². The Morgan fingerprint density at radius 3 is 3.05 bits per heavy atom. The van der Waals surface area contributed by atoms with Crippen molar-refractivity contribution in [1.29, 1.82) is 0 Å². The molecular formula is C15H23N3O. The molecule has 4 nitrogen and oxygen atoms in total. The summed E-state index contributed by atoms with van der Waals surface area (Å²) < 4.78 is 2.29. The Labute approximate surface area is 114 Å². The van der Waals surface area contributed by atoms with Gasteiger partial charge in [-0.2, -0.15) is 0 Å². The molecule has 1 unspecified atom stereocenters. The lowest BCUT2D eigenvalue weighted by Crippen LogP contribution is -2.52. The molecular weight excluding hydrogens is 238 g/mol. The van der Waals surface area contributed by atoms with E-state index in [2.05, 4.69) is 21.4 Å². The van der Waals surface area contributed by atoms with E-state index in [1.165, 1.54) is 31.4 Å². The second-order valence-corrected chi connectivity index (χ2v) is 5.84. The van der Waals surface area contributed by atoms with E-state index < -0.39 is 0 Å². The van der Waals surface area contributed by atoms with Crippen LogP contribution in [-0.2, 0) is 16.9 Å². The molecule has 3 heterocycles. The maximum atomic E-state index is 12.1. The lowest BCUT2D eigenvalue weighted by Gasteiger charge is -2.44. The molecule has 2 aliphatic heterocycles. The third-order valence-corrected chi connectivity index (χ3v) is 4.73. The Hall–Kier alpha value is -1.32. The molecule has 104 valence electrons. The molecule has 4 heteroatoms. The van der Waals surface area contributed by atoms with Gasteiger partial charge in [-0.05, 0) is 19.3 Å². The van der Waals surface area contributed by atoms with Crippen LogP contribution in [0.3, 0.4) is 0 Å². The molecule has 1 aromatic rings. The largest absolute Gasteiger partial charge is 0.319 e. The van der Waals surface area contributed by atoms with Crippen LogP contribution in [0.1, 0.15) is 57.6 Å². The number of rotatable bonds is 5. The molecule has 19 heavy (non-hydrogen) atoms. The minimum Gasteiger partial charge on any atom is -0.319 e. The zero-order chi connectivity index (χ0) is 13.3. The SMILES string of the molecule is CCCCCCC12CCC(=O)N1CCc1cncn12. The van der Waals surface area contributed by atoms with E-state index in [4.69, 9.17) is 0 Å². The summed E-state index contributed by atoms with van der Waals surface area (Å²) in [7, 11) is 0. The number of unbranched alkanes of at least 4 members (excludes halogenated alkanes) is 3. The second-order valence-electron chi connectivity index (χ2n) is 5.84. The number of carbonyl (C=O) groups is 1. The molecule has 0 saturated carbocycles. The number of carbonyl (C=O) groups excluding carboxylic acids is 1. The number of amides is 1. The first-order valence-corrected chi connectivity index (χ1v) is 7.60. The van der Waals surface area contributed by atoms with Gasteiger partial charge < -0.3 is 9.47 Å². The molecule has 1 amide bonds. The molecule has 0 aromatic carbocycles. The summed E-state index contributed by atoms with van der Waals surface area (Å²) in [6, 6.07) is 0. The maximum absolute atomic E-state index is 12.1. The van der Waals surface area contributed by atoms with Crippen molar-refractivity contribution in [2.45, 2.75) is 64.0 Å². The van der Waals surface area contributed by atoms with Crippen LogP contribution in [-0.4, -0.2) is 26.9 Å². The monoisotopic (exact) mass is 261 g/mol. The normalized spacial score (nSPS) is 25.5. The number of aromatic nitrogens is 2. The molecule has 0 bridgehead atoms. The van der Waals surface area contributed by atoms with E-state index in [-0.39, 0.29) is 5.66 Å². The number of hydrogen-bond acceptors (Lipinski definition) is 2. The van der Waals surface area contributed by atoms with Crippen LogP contribution < -0.4 is 0 Å². The Bertz CT molecular complexity index is 468. The zero-order valence-electron chi connectivity index (χ0n) is 11.8. The Morgan fingerprint density at radius 1 is 1.32 bits per heavy atom. The number of fused-ring (bicyclic) bond motifs is 3. The highest BCUT2D eigenvalue weighted by molar-refractivity contribution is 5.79. The van der Waals surface area contributed by atoms with Crippen molar-refractivity contribution in [3.63, 3.8) is 0 Å². The number of hydrogen-bond donors (Lipinski definition) is 0. The quantitative estimate of drug-likeness (QED) is 0.764. The smallest absolute Gasteiger partial charge is 0.224 e. The minimum atomic E-state index is -0.0884. The van der Waals surface area contributed by atoms with Gasteiger partial charge in [0.05, 0.1) is 6.33 Å². The minimum absolute atomic E-state index is 0.0884. The van der Waals surface area contributed by atoms with E-state index in [9.17, 15) is 4.79 Å². The summed E-state index contributed by atoms with van der Waals surface area (Å²) in [5.41, 5.74) is 1.20. The molecule has 2 aliphatic rings. The molecule has 1 fully saturated rings. The van der Waals surface area contributed by atoms with Crippen LogP contribution >= 0.6 is 0 Å². The number of imidazole rings is 1. The first kappa shape index (κ1) is 12.7. The lowest BCUT2D eigenvalue weighted by molar-refractivity contribution is -0.135. The van der Waals surface area contributed by atoms with Gasteiger partial charge in [0.1, 0.15) is 5.66 Å². The maximum Gasteiger partial charge on any atom is 0.224 e. The average molecular weight is 261 g/mol. The fourth-order valence-electron chi connectivity index (χ4n) is 3.72. The summed E-state index contributed by atoms with van der Waals surface area (Å²) in [4.78, 5) is 18.5. The fraction of sp³-hybridized carbons (Fsp3) is 0.733. The van der Waals surface area contributed by atoms with Crippen molar-refractivity contribution in [2.24, 2.45) is 0 Å². The molecule has 1 aromatic heterocycles. The van der Waals surface area contributed by atoms with Gasteiger partial charge in [0.15, 0.2) is 0 Å². The van der Waals surface area contributed by atoms with Gasteiger partial charge in [0.25, 0.3) is 0 Å². The Balaban J connectivity index is 1.84. The van der Waals surface area contributed by atoms with E-state index in [0.717, 1.165) is 25.8 Å². The Kier molecular flexibility index (Phi) is 3.33. The molecule has 0 N–H and O–H groups in total. The highest BCUT2D eigenvalue weighted by Crippen LogP contribution is 2.42.